The van der Waals surface area contributed by atoms with Gasteiger partial charge in [0.1, 0.15) is 0 Å². The third kappa shape index (κ3) is 3.13. The zero-order chi connectivity index (χ0) is 18.7. The molecular formula is C19H19Br2NO2S. The maximum Gasteiger partial charge on any atom is 0.416 e. The number of anilines is 2. The molecule has 3 nitrogen and oxygen atoms in total. The molecule has 0 aromatic heterocycles. The number of carboxylic acid groups (broad SMARTS) is 1. The highest BCUT2D eigenvalue weighted by atomic mass is 79.9. The van der Waals surface area contributed by atoms with E-state index in [0.717, 1.165) is 46.8 Å². The Bertz CT molecular complexity index is 904. The quantitative estimate of drug-likeness (QED) is 0.423. The molecule has 0 atom stereocenters. The van der Waals surface area contributed by atoms with Gasteiger partial charge >= 0.3 is 6.09 Å². The predicted octanol–water partition coefficient (Wildman–Crippen LogP) is 7.41. The van der Waals surface area contributed by atoms with Gasteiger partial charge in [-0.1, -0.05) is 64.4 Å². The van der Waals surface area contributed by atoms with Crippen LogP contribution >= 0.6 is 43.6 Å². The molecule has 2 aromatic rings. The largest absolute Gasteiger partial charge is 0.464 e. The predicted molar refractivity (Wildman–Crippen MR) is 111 cm³/mol. The zero-order valence-corrected chi connectivity index (χ0v) is 18.7. The maximum absolute atomic E-state index is 12.2. The van der Waals surface area contributed by atoms with E-state index < -0.39 is 6.09 Å². The van der Waals surface area contributed by atoms with Crippen molar-refractivity contribution in [2.24, 2.45) is 0 Å². The van der Waals surface area contributed by atoms with Crippen LogP contribution in [-0.4, -0.2) is 11.2 Å². The summed E-state index contributed by atoms with van der Waals surface area (Å²) in [4.78, 5) is 15.5. The van der Waals surface area contributed by atoms with Crippen molar-refractivity contribution in [3.05, 3.63) is 43.8 Å². The van der Waals surface area contributed by atoms with Crippen molar-refractivity contribution in [3.63, 3.8) is 0 Å². The molecule has 1 heterocycles. The van der Waals surface area contributed by atoms with Crippen LogP contribution in [0.3, 0.4) is 0 Å². The molecule has 0 radical (unpaired) electrons. The monoisotopic (exact) mass is 483 g/mol. The molecule has 1 aliphatic heterocycles. The lowest BCUT2D eigenvalue weighted by atomic mass is 9.83. The van der Waals surface area contributed by atoms with Gasteiger partial charge in [0.2, 0.25) is 0 Å². The summed E-state index contributed by atoms with van der Waals surface area (Å²) in [6.45, 7) is 10.4. The molecule has 0 spiro atoms. The summed E-state index contributed by atoms with van der Waals surface area (Å²) >= 11 is 8.83. The number of hydrogen-bond acceptors (Lipinski definition) is 2. The van der Waals surface area contributed by atoms with Gasteiger partial charge in [0.05, 0.1) is 11.4 Å². The van der Waals surface area contributed by atoms with E-state index in [9.17, 15) is 9.90 Å². The summed E-state index contributed by atoms with van der Waals surface area (Å²) in [5.74, 6) is 0. The average Bonchev–Trinajstić information content (AvgIpc) is 2.42. The van der Waals surface area contributed by atoms with Gasteiger partial charge in [-0.25, -0.2) is 9.69 Å². The van der Waals surface area contributed by atoms with E-state index in [-0.39, 0.29) is 5.41 Å². The molecule has 0 saturated heterocycles. The first-order valence-corrected chi connectivity index (χ1v) is 10.3. The number of rotatable bonds is 0. The lowest BCUT2D eigenvalue weighted by Gasteiger charge is -2.35. The lowest BCUT2D eigenvalue weighted by molar-refractivity contribution is 0.204. The summed E-state index contributed by atoms with van der Waals surface area (Å²) in [5.41, 5.74) is 4.49. The topological polar surface area (TPSA) is 40.5 Å². The Morgan fingerprint density at radius 3 is 2.24 bits per heavy atom. The van der Waals surface area contributed by atoms with Crippen molar-refractivity contribution >= 4 is 61.1 Å². The second kappa shape index (κ2) is 6.32. The number of amides is 1. The SMILES string of the molecule is Cc1cc(Br)cc2c1N(C(=O)O)c1c(cc(Br)c(C(C)(C)C)c1C)S2. The number of fused-ring (bicyclic) bond motifs is 2. The molecule has 2 aromatic carbocycles. The van der Waals surface area contributed by atoms with Crippen molar-refractivity contribution in [2.75, 3.05) is 4.90 Å². The molecule has 3 rings (SSSR count). The van der Waals surface area contributed by atoms with Gasteiger partial charge in [0.25, 0.3) is 0 Å². The van der Waals surface area contributed by atoms with Crippen LogP contribution in [0.5, 0.6) is 0 Å². The Morgan fingerprint density at radius 2 is 1.68 bits per heavy atom. The molecule has 0 saturated carbocycles. The smallest absolute Gasteiger partial charge is 0.416 e. The number of halogens is 2. The average molecular weight is 485 g/mol. The molecule has 0 unspecified atom stereocenters. The first-order valence-electron chi connectivity index (χ1n) is 7.87. The first-order chi connectivity index (χ1) is 11.5. The Labute approximate surface area is 169 Å². The van der Waals surface area contributed by atoms with Crippen LogP contribution in [0.25, 0.3) is 0 Å². The fourth-order valence-electron chi connectivity index (χ4n) is 3.51. The van der Waals surface area contributed by atoms with Gasteiger partial charge in [-0.3, -0.25) is 0 Å². The molecular weight excluding hydrogens is 466 g/mol. The van der Waals surface area contributed by atoms with Crippen molar-refractivity contribution in [1.82, 2.24) is 0 Å². The van der Waals surface area contributed by atoms with E-state index in [0.29, 0.717) is 0 Å². The van der Waals surface area contributed by atoms with Crippen molar-refractivity contribution < 1.29 is 9.90 Å². The first kappa shape index (κ1) is 18.8. The zero-order valence-electron chi connectivity index (χ0n) is 14.7. The van der Waals surface area contributed by atoms with E-state index in [2.05, 4.69) is 52.6 Å². The molecule has 1 amide bonds. The van der Waals surface area contributed by atoms with E-state index in [4.69, 9.17) is 0 Å². The summed E-state index contributed by atoms with van der Waals surface area (Å²) in [7, 11) is 0. The van der Waals surface area contributed by atoms with Crippen LogP contribution in [0.2, 0.25) is 0 Å². The third-order valence-electron chi connectivity index (χ3n) is 4.30. The summed E-state index contributed by atoms with van der Waals surface area (Å²) in [6.07, 6.45) is -0.960. The summed E-state index contributed by atoms with van der Waals surface area (Å²) < 4.78 is 1.97. The summed E-state index contributed by atoms with van der Waals surface area (Å²) in [5, 5.41) is 10.0. The molecule has 25 heavy (non-hydrogen) atoms. The van der Waals surface area contributed by atoms with Crippen LogP contribution in [0, 0.1) is 13.8 Å². The molecule has 0 aliphatic carbocycles. The Balaban J connectivity index is 2.37. The molecule has 1 aliphatic rings. The Kier molecular flexibility index (Phi) is 4.75. The number of aryl methyl sites for hydroxylation is 1. The van der Waals surface area contributed by atoms with Crippen molar-refractivity contribution in [1.29, 1.82) is 0 Å². The molecule has 132 valence electrons. The van der Waals surface area contributed by atoms with E-state index in [1.54, 1.807) is 11.8 Å². The maximum atomic E-state index is 12.2. The lowest BCUT2D eigenvalue weighted by Crippen LogP contribution is -2.29. The highest BCUT2D eigenvalue weighted by Gasteiger charge is 2.34. The number of benzene rings is 2. The summed E-state index contributed by atoms with van der Waals surface area (Å²) in [6, 6.07) is 5.98. The van der Waals surface area contributed by atoms with Gasteiger partial charge in [0, 0.05) is 18.7 Å². The van der Waals surface area contributed by atoms with Crippen LogP contribution in [0.4, 0.5) is 16.2 Å². The van der Waals surface area contributed by atoms with E-state index in [1.807, 2.05) is 32.0 Å². The van der Waals surface area contributed by atoms with Gasteiger partial charge in [-0.15, -0.1) is 0 Å². The normalized spacial score (nSPS) is 13.5. The van der Waals surface area contributed by atoms with E-state index >= 15 is 0 Å². The van der Waals surface area contributed by atoms with Crippen LogP contribution < -0.4 is 4.90 Å². The number of hydrogen-bond donors (Lipinski definition) is 1. The van der Waals surface area contributed by atoms with Crippen molar-refractivity contribution in [2.45, 2.75) is 49.8 Å². The minimum atomic E-state index is -0.960. The fraction of sp³-hybridized carbons (Fsp3) is 0.316. The molecule has 0 bridgehead atoms. The Hall–Kier alpha value is -0.980. The number of nitrogens with zero attached hydrogens (tertiary/aromatic N) is 1. The minimum absolute atomic E-state index is 0.0954. The second-order valence-electron chi connectivity index (χ2n) is 7.24. The van der Waals surface area contributed by atoms with Crippen LogP contribution in [-0.2, 0) is 5.41 Å². The van der Waals surface area contributed by atoms with Crippen molar-refractivity contribution in [3.8, 4) is 0 Å². The third-order valence-corrected chi connectivity index (χ3v) is 6.44. The second-order valence-corrected chi connectivity index (χ2v) is 10.1. The standard InChI is InChI=1S/C19H19Br2NO2S/c1-9-6-11(20)7-13-16(9)22(18(23)24)17-10(2)15(19(3,4)5)12(21)8-14(17)25-13/h6-8H,1-5H3,(H,23,24). The molecule has 1 N–H and O–H groups in total. The van der Waals surface area contributed by atoms with Crippen LogP contribution in [0.15, 0.2) is 36.9 Å². The van der Waals surface area contributed by atoms with Gasteiger partial charge in [-0.05, 0) is 54.2 Å². The number of carbonyl (C=O) groups is 1. The molecule has 6 heteroatoms. The van der Waals surface area contributed by atoms with Crippen LogP contribution in [0.1, 0.15) is 37.5 Å². The molecule has 0 fully saturated rings. The highest BCUT2D eigenvalue weighted by Crippen LogP contribution is 2.54. The fourth-order valence-corrected chi connectivity index (χ4v) is 6.79. The van der Waals surface area contributed by atoms with Gasteiger partial charge in [-0.2, -0.15) is 0 Å². The van der Waals surface area contributed by atoms with E-state index in [1.165, 1.54) is 4.90 Å². The highest BCUT2D eigenvalue weighted by molar-refractivity contribution is 9.10. The Morgan fingerprint density at radius 1 is 1.08 bits per heavy atom. The van der Waals surface area contributed by atoms with Gasteiger partial charge in [0.15, 0.2) is 0 Å². The minimum Gasteiger partial charge on any atom is -0.464 e. The van der Waals surface area contributed by atoms with Gasteiger partial charge < -0.3 is 5.11 Å².